The van der Waals surface area contributed by atoms with E-state index in [2.05, 4.69) is 21.3 Å². The molecule has 244 valence electrons. The van der Waals surface area contributed by atoms with E-state index in [1.165, 1.54) is 4.90 Å². The Morgan fingerprint density at radius 3 is 2.29 bits per heavy atom. The Hall–Kier alpha value is -4.65. The monoisotopic (exact) mass is 624 g/mol. The zero-order valence-electron chi connectivity index (χ0n) is 26.2. The van der Waals surface area contributed by atoms with E-state index < -0.39 is 66.4 Å². The number of nitrogens with zero attached hydrogens (tertiary/aromatic N) is 1. The molecule has 2 aromatic rings. The molecule has 0 radical (unpaired) electrons. The number of carbonyl (C=O) groups excluding carboxylic acids is 5. The van der Waals surface area contributed by atoms with Crippen molar-refractivity contribution in [3.8, 4) is 5.75 Å². The van der Waals surface area contributed by atoms with Gasteiger partial charge in [0.25, 0.3) is 11.8 Å². The molecule has 0 aliphatic carbocycles. The number of rotatable bonds is 14. The van der Waals surface area contributed by atoms with E-state index in [1.807, 2.05) is 20.8 Å². The molecular formula is C32H44N6O7. The van der Waals surface area contributed by atoms with E-state index in [0.29, 0.717) is 24.2 Å². The van der Waals surface area contributed by atoms with Crippen molar-refractivity contribution in [1.82, 2.24) is 20.9 Å². The summed E-state index contributed by atoms with van der Waals surface area (Å²) in [5.41, 5.74) is 6.43. The first-order valence-electron chi connectivity index (χ1n) is 14.9. The summed E-state index contributed by atoms with van der Waals surface area (Å²) < 4.78 is 5.49. The van der Waals surface area contributed by atoms with Gasteiger partial charge in [0.2, 0.25) is 17.7 Å². The third kappa shape index (κ3) is 10.8. The van der Waals surface area contributed by atoms with Gasteiger partial charge in [0, 0.05) is 24.8 Å². The topological polar surface area (TPSA) is 192 Å². The predicted octanol–water partition coefficient (Wildman–Crippen LogP) is 0.461. The molecule has 13 nitrogen and oxygen atoms in total. The highest BCUT2D eigenvalue weighted by molar-refractivity contribution is 5.93. The van der Waals surface area contributed by atoms with Gasteiger partial charge >= 0.3 is 0 Å². The molecule has 1 aliphatic rings. The van der Waals surface area contributed by atoms with Crippen LogP contribution in [0.25, 0.3) is 0 Å². The number of benzene rings is 2. The Kier molecular flexibility index (Phi) is 12.3. The smallest absolute Gasteiger partial charge is 0.258 e. The summed E-state index contributed by atoms with van der Waals surface area (Å²) in [6.45, 7) is 5.33. The minimum atomic E-state index is -1.73. The summed E-state index contributed by atoms with van der Waals surface area (Å²) in [6, 6.07) is 12.4. The highest BCUT2D eigenvalue weighted by Crippen LogP contribution is 2.21. The van der Waals surface area contributed by atoms with Crippen LogP contribution in [0.5, 0.6) is 5.75 Å². The molecule has 0 saturated carbocycles. The lowest BCUT2D eigenvalue weighted by atomic mass is 9.99. The number of nitrogens with two attached hydrogens (primary N) is 1. The van der Waals surface area contributed by atoms with Crippen molar-refractivity contribution in [2.75, 3.05) is 25.5 Å². The maximum atomic E-state index is 13.6. The quantitative estimate of drug-likeness (QED) is 0.175. The van der Waals surface area contributed by atoms with Gasteiger partial charge in [-0.25, -0.2) is 0 Å². The second kappa shape index (κ2) is 15.9. The van der Waals surface area contributed by atoms with Crippen molar-refractivity contribution in [2.24, 2.45) is 5.73 Å². The van der Waals surface area contributed by atoms with Crippen LogP contribution in [0.15, 0.2) is 54.6 Å². The summed E-state index contributed by atoms with van der Waals surface area (Å²) in [6.07, 6.45) is -1.20. The second-order valence-electron chi connectivity index (χ2n) is 12.0. The second-order valence-corrected chi connectivity index (χ2v) is 12.0. The van der Waals surface area contributed by atoms with E-state index >= 15 is 0 Å². The van der Waals surface area contributed by atoms with E-state index in [4.69, 9.17) is 10.5 Å². The summed E-state index contributed by atoms with van der Waals surface area (Å²) in [5.74, 6) is -2.97. The molecule has 13 heteroatoms. The fourth-order valence-electron chi connectivity index (χ4n) is 5.00. The van der Waals surface area contributed by atoms with Crippen LogP contribution in [0.2, 0.25) is 0 Å². The number of nitrogens with one attached hydrogen (secondary N) is 4. The van der Waals surface area contributed by atoms with E-state index in [0.717, 1.165) is 5.69 Å². The highest BCUT2D eigenvalue weighted by Gasteiger charge is 2.40. The van der Waals surface area contributed by atoms with Gasteiger partial charge < -0.3 is 41.7 Å². The van der Waals surface area contributed by atoms with Gasteiger partial charge in [-0.05, 0) is 69.9 Å². The minimum absolute atomic E-state index is 0.0507. The maximum Gasteiger partial charge on any atom is 0.258 e. The first-order chi connectivity index (χ1) is 21.3. The Labute approximate surface area is 263 Å². The van der Waals surface area contributed by atoms with E-state index in [-0.39, 0.29) is 18.9 Å². The van der Waals surface area contributed by atoms with Crippen molar-refractivity contribution < 1.29 is 33.8 Å². The molecule has 1 aliphatic heterocycles. The van der Waals surface area contributed by atoms with Crippen LogP contribution in [-0.4, -0.2) is 89.5 Å². The first-order valence-corrected chi connectivity index (χ1v) is 14.9. The largest absolute Gasteiger partial charge is 0.484 e. The van der Waals surface area contributed by atoms with Crippen molar-refractivity contribution in [3.05, 3.63) is 60.2 Å². The number of hydrogen-bond donors (Lipinski definition) is 6. The minimum Gasteiger partial charge on any atom is -0.484 e. The van der Waals surface area contributed by atoms with Crippen molar-refractivity contribution in [1.29, 1.82) is 0 Å². The summed E-state index contributed by atoms with van der Waals surface area (Å²) in [4.78, 5) is 65.9. The SMILES string of the molecule is CNc1ccc(OCC(=O)N[C@@H](CC(N)=O)C(=O)NC(Cc2ccccc2)C(O)C(=O)N2CCC[C@H]2C(=O)NC(C)(C)C)cc1. The summed E-state index contributed by atoms with van der Waals surface area (Å²) >= 11 is 0. The van der Waals surface area contributed by atoms with E-state index in [1.54, 1.807) is 61.6 Å². The average Bonchev–Trinajstić information content (AvgIpc) is 3.49. The molecule has 0 bridgehead atoms. The van der Waals surface area contributed by atoms with Gasteiger partial charge in [0.1, 0.15) is 17.8 Å². The standard InChI is InChI=1S/C32H44N6O7/c1-32(2,3)37-30(43)25-11-8-16-38(25)31(44)28(41)23(17-20-9-6-5-7-10-20)36-29(42)24(18-26(33)39)35-27(40)19-45-22-14-12-21(34-4)13-15-22/h5-7,9-10,12-15,23-25,28,34,41H,8,11,16-19H2,1-4H3,(H2,33,39)(H,35,40)(H,36,42)(H,37,43)/t23?,24-,25-,28?/m0/s1. The van der Waals surface area contributed by atoms with Crippen LogP contribution >= 0.6 is 0 Å². The molecule has 2 unspecified atom stereocenters. The van der Waals surface area contributed by atoms with Crippen molar-refractivity contribution in [2.45, 2.75) is 76.2 Å². The Balaban J connectivity index is 1.75. The maximum absolute atomic E-state index is 13.6. The van der Waals surface area contributed by atoms with Gasteiger partial charge in [0.15, 0.2) is 12.7 Å². The molecule has 2 aromatic carbocycles. The molecule has 0 aromatic heterocycles. The number of likely N-dealkylation sites (tertiary alicyclic amines) is 1. The molecule has 5 amide bonds. The van der Waals surface area contributed by atoms with Crippen LogP contribution in [0, 0.1) is 0 Å². The first kappa shape index (κ1) is 34.8. The molecule has 7 N–H and O–H groups in total. The number of aliphatic hydroxyl groups excluding tert-OH is 1. The van der Waals surface area contributed by atoms with Gasteiger partial charge in [-0.2, -0.15) is 0 Å². The van der Waals surface area contributed by atoms with Crippen LogP contribution in [-0.2, 0) is 30.4 Å². The molecule has 1 saturated heterocycles. The molecule has 0 spiro atoms. The van der Waals surface area contributed by atoms with Crippen LogP contribution in [0.1, 0.15) is 45.6 Å². The third-order valence-corrected chi connectivity index (χ3v) is 7.17. The van der Waals surface area contributed by atoms with Gasteiger partial charge in [-0.3, -0.25) is 24.0 Å². The van der Waals surface area contributed by atoms with Crippen LogP contribution < -0.4 is 31.7 Å². The number of anilines is 1. The molecular weight excluding hydrogens is 580 g/mol. The lowest BCUT2D eigenvalue weighted by Crippen LogP contribution is -2.59. The highest BCUT2D eigenvalue weighted by atomic mass is 16.5. The number of aliphatic hydroxyl groups is 1. The number of amides is 5. The average molecular weight is 625 g/mol. The molecule has 45 heavy (non-hydrogen) atoms. The lowest BCUT2D eigenvalue weighted by molar-refractivity contribution is -0.147. The predicted molar refractivity (Wildman–Crippen MR) is 168 cm³/mol. The fraction of sp³-hybridized carbons (Fsp3) is 0.469. The number of ether oxygens (including phenoxy) is 1. The normalized spacial score (nSPS) is 16.6. The van der Waals surface area contributed by atoms with Crippen molar-refractivity contribution >= 4 is 35.2 Å². The number of hydrogen-bond acceptors (Lipinski definition) is 8. The fourth-order valence-corrected chi connectivity index (χ4v) is 5.00. The van der Waals surface area contributed by atoms with Crippen LogP contribution in [0.3, 0.4) is 0 Å². The van der Waals surface area contributed by atoms with Crippen molar-refractivity contribution in [3.63, 3.8) is 0 Å². The van der Waals surface area contributed by atoms with Gasteiger partial charge in [-0.1, -0.05) is 30.3 Å². The Morgan fingerprint density at radius 2 is 1.69 bits per heavy atom. The van der Waals surface area contributed by atoms with Gasteiger partial charge in [0.05, 0.1) is 12.5 Å². The zero-order chi connectivity index (χ0) is 33.1. The summed E-state index contributed by atoms with van der Waals surface area (Å²) in [7, 11) is 1.77. The van der Waals surface area contributed by atoms with Gasteiger partial charge in [-0.15, -0.1) is 0 Å². The Bertz CT molecular complexity index is 1330. The Morgan fingerprint density at radius 1 is 1.02 bits per heavy atom. The lowest BCUT2D eigenvalue weighted by Gasteiger charge is -2.32. The number of primary amides is 1. The molecule has 3 rings (SSSR count). The molecule has 1 heterocycles. The molecule has 1 fully saturated rings. The third-order valence-electron chi connectivity index (χ3n) is 7.17. The zero-order valence-corrected chi connectivity index (χ0v) is 26.2. The molecule has 4 atom stereocenters. The summed E-state index contributed by atoms with van der Waals surface area (Å²) in [5, 5.41) is 22.3. The van der Waals surface area contributed by atoms with E-state index in [9.17, 15) is 29.1 Å². The number of carbonyl (C=O) groups is 5. The van der Waals surface area contributed by atoms with Crippen LogP contribution in [0.4, 0.5) is 5.69 Å².